The van der Waals surface area contributed by atoms with E-state index in [9.17, 15) is 14.9 Å². The van der Waals surface area contributed by atoms with Crippen LogP contribution < -0.4 is 15.1 Å². The summed E-state index contributed by atoms with van der Waals surface area (Å²) in [5.41, 5.74) is 0.747. The quantitative estimate of drug-likeness (QED) is 0.234. The molecule has 31 heavy (non-hydrogen) atoms. The number of ether oxygens (including phenoxy) is 2. The molecule has 0 atom stereocenters. The molecule has 0 fully saturated rings. The van der Waals surface area contributed by atoms with Crippen molar-refractivity contribution in [1.29, 1.82) is 0 Å². The third-order valence-corrected chi connectivity index (χ3v) is 4.86. The maximum Gasteiger partial charge on any atom is 0.415 e. The Morgan fingerprint density at radius 3 is 1.90 bits per heavy atom. The third-order valence-electron chi connectivity index (χ3n) is 4.86. The Labute approximate surface area is 177 Å². The predicted molar refractivity (Wildman–Crippen MR) is 115 cm³/mol. The molecule has 1 heterocycles. The lowest BCUT2D eigenvalue weighted by Gasteiger charge is -2.14. The van der Waals surface area contributed by atoms with E-state index in [4.69, 9.17) is 13.9 Å². The zero-order chi connectivity index (χ0) is 21.8. The summed E-state index contributed by atoms with van der Waals surface area (Å²) in [4.78, 5) is 22.7. The summed E-state index contributed by atoms with van der Waals surface area (Å²) in [5.74, 6) is 0.780. The van der Waals surface area contributed by atoms with Crippen molar-refractivity contribution in [3.63, 3.8) is 0 Å². The fraction of sp³-hybridized carbons (Fsp3) is 0.125. The first-order chi connectivity index (χ1) is 15.0. The molecular weight excluding hydrogens is 398 g/mol. The summed E-state index contributed by atoms with van der Waals surface area (Å²) in [7, 11) is 0. The summed E-state index contributed by atoms with van der Waals surface area (Å²) in [6, 6.07) is 22.3. The topological polar surface area (TPSA) is 91.8 Å². The maximum atomic E-state index is 12.1. The van der Waals surface area contributed by atoms with Gasteiger partial charge in [0.05, 0.1) is 4.92 Å². The van der Waals surface area contributed by atoms with Gasteiger partial charge >= 0.3 is 11.3 Å². The average molecular weight is 417 g/mol. The summed E-state index contributed by atoms with van der Waals surface area (Å²) < 4.78 is 17.2. The number of nitro groups is 1. The molecule has 0 unspecified atom stereocenters. The Hall–Kier alpha value is -4.13. The van der Waals surface area contributed by atoms with Crippen LogP contribution >= 0.6 is 0 Å². The number of hydrogen-bond acceptors (Lipinski definition) is 6. The van der Waals surface area contributed by atoms with E-state index in [1.807, 2.05) is 60.7 Å². The molecule has 7 nitrogen and oxygen atoms in total. The Morgan fingerprint density at radius 1 is 0.871 bits per heavy atom. The van der Waals surface area contributed by atoms with Gasteiger partial charge in [-0.2, -0.15) is 0 Å². The molecule has 3 aromatic carbocycles. The van der Waals surface area contributed by atoms with Crippen LogP contribution in [0.2, 0.25) is 0 Å². The minimum Gasteiger partial charge on any atom is -0.485 e. The molecule has 0 spiro atoms. The first-order valence-electron chi connectivity index (χ1n) is 9.62. The summed E-state index contributed by atoms with van der Waals surface area (Å²) in [5, 5.41) is 11.7. The number of aryl methyl sites for hydroxylation is 1. The molecular formula is C24H19NO6. The van der Waals surface area contributed by atoms with Gasteiger partial charge in [0.2, 0.25) is 0 Å². The molecule has 0 aliphatic carbocycles. The summed E-state index contributed by atoms with van der Waals surface area (Å²) >= 11 is 0. The largest absolute Gasteiger partial charge is 0.485 e. The van der Waals surface area contributed by atoms with Crippen LogP contribution in [-0.2, 0) is 13.2 Å². The molecule has 0 aliphatic heterocycles. The van der Waals surface area contributed by atoms with E-state index in [0.717, 1.165) is 11.1 Å². The van der Waals surface area contributed by atoms with Crippen LogP contribution in [0.15, 0.2) is 82.0 Å². The number of nitrogens with zero attached hydrogens (tertiary/aromatic N) is 1. The van der Waals surface area contributed by atoms with Gasteiger partial charge in [-0.25, -0.2) is 4.79 Å². The number of fused-ring (bicyclic) bond motifs is 1. The highest BCUT2D eigenvalue weighted by Crippen LogP contribution is 2.36. The predicted octanol–water partition coefficient (Wildman–Crippen LogP) is 5.17. The van der Waals surface area contributed by atoms with Crippen LogP contribution in [0.3, 0.4) is 0 Å². The van der Waals surface area contributed by atoms with Crippen LogP contribution in [0, 0.1) is 17.0 Å². The average Bonchev–Trinajstić information content (AvgIpc) is 2.77. The molecule has 0 radical (unpaired) electrons. The van der Waals surface area contributed by atoms with Crippen LogP contribution in [0.4, 0.5) is 5.69 Å². The van der Waals surface area contributed by atoms with E-state index in [2.05, 4.69) is 0 Å². The second-order valence-corrected chi connectivity index (χ2v) is 6.96. The van der Waals surface area contributed by atoms with Gasteiger partial charge < -0.3 is 13.9 Å². The van der Waals surface area contributed by atoms with Crippen LogP contribution in [0.1, 0.15) is 16.7 Å². The SMILES string of the molecule is Cc1c([N+](=O)[O-])c(=O)oc2cc(OCc3ccccc3)c(OCc3ccccc3)cc12. The van der Waals surface area contributed by atoms with Gasteiger partial charge in [0, 0.05) is 17.0 Å². The minimum absolute atomic E-state index is 0.197. The van der Waals surface area contributed by atoms with Crippen molar-refractivity contribution in [2.45, 2.75) is 20.1 Å². The fourth-order valence-electron chi connectivity index (χ4n) is 3.26. The van der Waals surface area contributed by atoms with Crippen molar-refractivity contribution in [2.75, 3.05) is 0 Å². The number of hydrogen-bond donors (Lipinski definition) is 0. The lowest BCUT2D eigenvalue weighted by Crippen LogP contribution is -2.09. The molecule has 4 aromatic rings. The molecule has 0 aliphatic rings. The Morgan fingerprint density at radius 2 is 1.39 bits per heavy atom. The van der Waals surface area contributed by atoms with Crippen molar-refractivity contribution < 1.29 is 18.8 Å². The Kier molecular flexibility index (Phi) is 5.66. The molecule has 0 amide bonds. The fourth-order valence-corrected chi connectivity index (χ4v) is 3.26. The molecule has 7 heteroatoms. The van der Waals surface area contributed by atoms with Crippen molar-refractivity contribution in [3.05, 3.63) is 110 Å². The summed E-state index contributed by atoms with van der Waals surface area (Å²) in [6.45, 7) is 2.08. The van der Waals surface area contributed by atoms with E-state index in [1.54, 1.807) is 6.07 Å². The normalized spacial score (nSPS) is 10.7. The van der Waals surface area contributed by atoms with Gasteiger partial charge in [-0.05, 0) is 24.1 Å². The molecule has 156 valence electrons. The van der Waals surface area contributed by atoms with Gasteiger partial charge in [0.15, 0.2) is 11.5 Å². The van der Waals surface area contributed by atoms with Crippen LogP contribution in [0.5, 0.6) is 11.5 Å². The lowest BCUT2D eigenvalue weighted by molar-refractivity contribution is -0.387. The summed E-state index contributed by atoms with van der Waals surface area (Å²) in [6.07, 6.45) is 0. The molecule has 0 saturated heterocycles. The van der Waals surface area contributed by atoms with E-state index in [-0.39, 0.29) is 24.4 Å². The minimum atomic E-state index is -0.998. The van der Waals surface area contributed by atoms with Gasteiger partial charge in [0.1, 0.15) is 18.8 Å². The van der Waals surface area contributed by atoms with E-state index < -0.39 is 16.2 Å². The second kappa shape index (κ2) is 8.71. The van der Waals surface area contributed by atoms with Crippen molar-refractivity contribution >= 4 is 16.7 Å². The lowest BCUT2D eigenvalue weighted by atomic mass is 10.1. The Bertz CT molecular complexity index is 1280. The second-order valence-electron chi connectivity index (χ2n) is 6.96. The van der Waals surface area contributed by atoms with E-state index >= 15 is 0 Å². The van der Waals surface area contributed by atoms with Crippen molar-refractivity contribution in [3.8, 4) is 11.5 Å². The monoisotopic (exact) mass is 417 g/mol. The van der Waals surface area contributed by atoms with E-state index in [0.29, 0.717) is 16.9 Å². The zero-order valence-electron chi connectivity index (χ0n) is 16.7. The molecule has 0 N–H and O–H groups in total. The van der Waals surface area contributed by atoms with Gasteiger partial charge in [-0.15, -0.1) is 0 Å². The van der Waals surface area contributed by atoms with Crippen LogP contribution in [0.25, 0.3) is 11.0 Å². The van der Waals surface area contributed by atoms with Gasteiger partial charge in [0.25, 0.3) is 0 Å². The Balaban J connectivity index is 1.75. The van der Waals surface area contributed by atoms with E-state index in [1.165, 1.54) is 13.0 Å². The number of rotatable bonds is 7. The third kappa shape index (κ3) is 4.40. The first kappa shape index (κ1) is 20.2. The highest BCUT2D eigenvalue weighted by atomic mass is 16.6. The smallest absolute Gasteiger partial charge is 0.415 e. The van der Waals surface area contributed by atoms with Gasteiger partial charge in [-0.1, -0.05) is 60.7 Å². The van der Waals surface area contributed by atoms with Gasteiger partial charge in [-0.3, -0.25) is 10.1 Å². The maximum absolute atomic E-state index is 12.1. The first-order valence-corrected chi connectivity index (χ1v) is 9.62. The molecule has 0 saturated carbocycles. The highest BCUT2D eigenvalue weighted by molar-refractivity contribution is 5.86. The molecule has 1 aromatic heterocycles. The number of benzene rings is 3. The van der Waals surface area contributed by atoms with Crippen molar-refractivity contribution in [2.24, 2.45) is 0 Å². The zero-order valence-corrected chi connectivity index (χ0v) is 16.7. The van der Waals surface area contributed by atoms with Crippen LogP contribution in [-0.4, -0.2) is 4.92 Å². The standard InChI is InChI=1S/C24H19NO6/c1-16-19-12-21(29-14-17-8-4-2-5-9-17)22(30-15-18-10-6-3-7-11-18)13-20(19)31-24(26)23(16)25(27)28/h2-13H,14-15H2,1H3. The molecule has 4 rings (SSSR count). The molecule has 0 bridgehead atoms. The highest BCUT2D eigenvalue weighted by Gasteiger charge is 2.23. The van der Waals surface area contributed by atoms with Crippen molar-refractivity contribution in [1.82, 2.24) is 0 Å².